The van der Waals surface area contributed by atoms with Gasteiger partial charge < -0.3 is 11.1 Å². The molecule has 1 saturated heterocycles. The molecule has 1 fully saturated rings. The molecule has 0 spiro atoms. The van der Waals surface area contributed by atoms with Crippen molar-refractivity contribution in [2.75, 3.05) is 39.0 Å². The molecule has 112 valence electrons. The fraction of sp³-hybridized carbons (Fsp3) is 0.909. The number of halogens is 3. The van der Waals surface area contributed by atoms with Gasteiger partial charge in [-0.2, -0.15) is 24.9 Å². The molecule has 0 saturated carbocycles. The van der Waals surface area contributed by atoms with E-state index in [2.05, 4.69) is 0 Å². The number of nitrogens with zero attached hydrogens (tertiary/aromatic N) is 1. The molecule has 0 unspecified atom stereocenters. The fourth-order valence-corrected chi connectivity index (χ4v) is 2.83. The number of hydrogen-bond acceptors (Lipinski definition) is 4. The van der Waals surface area contributed by atoms with Crippen LogP contribution >= 0.6 is 11.8 Å². The molecule has 0 bridgehead atoms. The molecule has 8 heteroatoms. The van der Waals surface area contributed by atoms with Crippen LogP contribution < -0.4 is 11.1 Å². The van der Waals surface area contributed by atoms with Crippen LogP contribution in [-0.2, 0) is 4.79 Å². The number of rotatable bonds is 5. The maximum Gasteiger partial charge on any atom is 0.405 e. The minimum atomic E-state index is -4.36. The summed E-state index contributed by atoms with van der Waals surface area (Å²) in [5.74, 6) is -0.582. The minimum Gasteiger partial charge on any atom is -0.346 e. The van der Waals surface area contributed by atoms with Gasteiger partial charge in [-0.25, -0.2) is 0 Å². The van der Waals surface area contributed by atoms with Gasteiger partial charge in [0.25, 0.3) is 0 Å². The molecule has 0 aliphatic carbocycles. The van der Waals surface area contributed by atoms with Crippen molar-refractivity contribution >= 4 is 17.7 Å². The molecular weight excluding hydrogens is 279 g/mol. The van der Waals surface area contributed by atoms with E-state index in [-0.39, 0.29) is 11.3 Å². The lowest BCUT2D eigenvalue weighted by atomic mass is 9.96. The summed E-state index contributed by atoms with van der Waals surface area (Å²) >= 11 is 1.73. The van der Waals surface area contributed by atoms with Crippen molar-refractivity contribution in [2.45, 2.75) is 23.8 Å². The summed E-state index contributed by atoms with van der Waals surface area (Å²) in [7, 11) is 0. The zero-order valence-electron chi connectivity index (χ0n) is 10.9. The number of hydrogen-bond donors (Lipinski definition) is 2. The van der Waals surface area contributed by atoms with E-state index >= 15 is 0 Å². The standard InChI is InChI=1S/C11H20F3N3OS/c1-19-10(7-15)2-4-17(5-3-10)6-9(18)16-8-11(12,13)14/h2-8,15H2,1H3,(H,16,18). The molecule has 4 nitrogen and oxygen atoms in total. The Balaban J connectivity index is 2.31. The zero-order valence-corrected chi connectivity index (χ0v) is 11.7. The summed E-state index contributed by atoms with van der Waals surface area (Å²) in [5.41, 5.74) is 5.75. The number of likely N-dealkylation sites (tertiary alicyclic amines) is 1. The Morgan fingerprint density at radius 2 is 2.00 bits per heavy atom. The molecule has 1 aliphatic rings. The van der Waals surface area contributed by atoms with E-state index in [0.29, 0.717) is 19.6 Å². The van der Waals surface area contributed by atoms with Crippen LogP contribution in [0.25, 0.3) is 0 Å². The first-order chi connectivity index (χ1) is 8.80. The maximum atomic E-state index is 11.9. The first-order valence-corrected chi connectivity index (χ1v) is 7.34. The van der Waals surface area contributed by atoms with E-state index < -0.39 is 18.6 Å². The van der Waals surface area contributed by atoms with Crippen LogP contribution in [0.3, 0.4) is 0 Å². The van der Waals surface area contributed by atoms with Crippen LogP contribution in [0.1, 0.15) is 12.8 Å². The summed E-state index contributed by atoms with van der Waals surface area (Å²) in [4.78, 5) is 13.2. The molecule has 0 radical (unpaired) electrons. The zero-order chi connectivity index (χ0) is 14.5. The van der Waals surface area contributed by atoms with Gasteiger partial charge in [0.15, 0.2) is 0 Å². The van der Waals surface area contributed by atoms with Crippen molar-refractivity contribution < 1.29 is 18.0 Å². The molecule has 1 rings (SSSR count). The number of piperidine rings is 1. The number of amides is 1. The van der Waals surface area contributed by atoms with Crippen molar-refractivity contribution in [3.05, 3.63) is 0 Å². The summed E-state index contributed by atoms with van der Waals surface area (Å²) < 4.78 is 35.9. The lowest BCUT2D eigenvalue weighted by Crippen LogP contribution is -2.49. The van der Waals surface area contributed by atoms with E-state index in [4.69, 9.17) is 5.73 Å². The molecule has 1 amide bonds. The van der Waals surface area contributed by atoms with E-state index in [1.807, 2.05) is 16.5 Å². The first-order valence-electron chi connectivity index (χ1n) is 6.11. The second kappa shape index (κ2) is 6.81. The highest BCUT2D eigenvalue weighted by atomic mass is 32.2. The number of carbonyl (C=O) groups excluding carboxylic acids is 1. The molecule has 0 aromatic heterocycles. The van der Waals surface area contributed by atoms with Crippen molar-refractivity contribution in [2.24, 2.45) is 5.73 Å². The molecule has 0 aromatic rings. The average molecular weight is 299 g/mol. The van der Waals surface area contributed by atoms with Gasteiger partial charge in [-0.15, -0.1) is 0 Å². The summed E-state index contributed by atoms with van der Waals surface area (Å²) in [6.07, 6.45) is -0.627. The Hall–Kier alpha value is -0.470. The lowest BCUT2D eigenvalue weighted by Gasteiger charge is -2.39. The fourth-order valence-electron chi connectivity index (χ4n) is 2.07. The van der Waals surface area contributed by atoms with Crippen molar-refractivity contribution in [1.82, 2.24) is 10.2 Å². The SMILES string of the molecule is CSC1(CN)CCN(CC(=O)NCC(F)(F)F)CC1. The number of alkyl halides is 3. The van der Waals surface area contributed by atoms with Gasteiger partial charge >= 0.3 is 6.18 Å². The third-order valence-electron chi connectivity index (χ3n) is 3.43. The van der Waals surface area contributed by atoms with Gasteiger partial charge in [-0.05, 0) is 19.1 Å². The van der Waals surface area contributed by atoms with E-state index in [1.165, 1.54) is 0 Å². The number of thioether (sulfide) groups is 1. The normalized spacial score (nSPS) is 20.3. The topological polar surface area (TPSA) is 58.4 Å². The Bertz CT molecular complexity index is 298. The van der Waals surface area contributed by atoms with E-state index in [9.17, 15) is 18.0 Å². The Kier molecular flexibility index (Phi) is 5.94. The molecule has 1 aliphatic heterocycles. The summed E-state index contributed by atoms with van der Waals surface area (Å²) in [6.45, 7) is 0.722. The smallest absolute Gasteiger partial charge is 0.346 e. The van der Waals surface area contributed by atoms with Crippen LogP contribution in [0.2, 0.25) is 0 Å². The van der Waals surface area contributed by atoms with Crippen LogP contribution in [0.15, 0.2) is 0 Å². The van der Waals surface area contributed by atoms with E-state index in [0.717, 1.165) is 12.8 Å². The quantitative estimate of drug-likeness (QED) is 0.789. The van der Waals surface area contributed by atoms with Gasteiger partial charge in [0.2, 0.25) is 5.91 Å². The molecule has 3 N–H and O–H groups in total. The third-order valence-corrected chi connectivity index (χ3v) is 4.87. The van der Waals surface area contributed by atoms with Crippen molar-refractivity contribution in [3.8, 4) is 0 Å². The second-order valence-corrected chi connectivity index (χ2v) is 6.03. The first kappa shape index (κ1) is 16.6. The summed E-state index contributed by atoms with van der Waals surface area (Å²) in [6, 6.07) is 0. The number of nitrogens with one attached hydrogen (secondary N) is 1. The van der Waals surface area contributed by atoms with Crippen LogP contribution in [0.5, 0.6) is 0 Å². The summed E-state index contributed by atoms with van der Waals surface area (Å²) in [5, 5.41) is 1.88. The van der Waals surface area contributed by atoms with Gasteiger partial charge in [-0.3, -0.25) is 9.69 Å². The minimum absolute atomic E-state index is 0.0190. The highest BCUT2D eigenvalue weighted by Gasteiger charge is 2.33. The molecule has 19 heavy (non-hydrogen) atoms. The Labute approximate surface area is 115 Å². The van der Waals surface area contributed by atoms with Gasteiger partial charge in [0.1, 0.15) is 6.54 Å². The second-order valence-electron chi connectivity index (χ2n) is 4.76. The predicted molar refractivity (Wildman–Crippen MR) is 70.0 cm³/mol. The monoisotopic (exact) mass is 299 g/mol. The van der Waals surface area contributed by atoms with Gasteiger partial charge in [0.05, 0.1) is 6.54 Å². The highest BCUT2D eigenvalue weighted by molar-refractivity contribution is 8.00. The number of nitrogens with two attached hydrogens (primary N) is 1. The molecular formula is C11H20F3N3OS. The Morgan fingerprint density at radius 1 is 1.42 bits per heavy atom. The third kappa shape index (κ3) is 5.58. The molecule has 0 aromatic carbocycles. The lowest BCUT2D eigenvalue weighted by molar-refractivity contribution is -0.139. The van der Waals surface area contributed by atoms with Crippen LogP contribution in [0.4, 0.5) is 13.2 Å². The van der Waals surface area contributed by atoms with Crippen LogP contribution in [-0.4, -0.2) is 60.7 Å². The molecule has 0 atom stereocenters. The van der Waals surface area contributed by atoms with Gasteiger partial charge in [0, 0.05) is 24.4 Å². The van der Waals surface area contributed by atoms with Crippen molar-refractivity contribution in [1.29, 1.82) is 0 Å². The van der Waals surface area contributed by atoms with Crippen LogP contribution in [0, 0.1) is 0 Å². The highest BCUT2D eigenvalue weighted by Crippen LogP contribution is 2.33. The van der Waals surface area contributed by atoms with Crippen molar-refractivity contribution in [3.63, 3.8) is 0 Å². The Morgan fingerprint density at radius 3 is 2.42 bits per heavy atom. The molecule has 1 heterocycles. The van der Waals surface area contributed by atoms with E-state index in [1.54, 1.807) is 11.8 Å². The number of carbonyl (C=O) groups is 1. The average Bonchev–Trinajstić information content (AvgIpc) is 2.37. The predicted octanol–water partition coefficient (Wildman–Crippen LogP) is 0.821. The largest absolute Gasteiger partial charge is 0.405 e. The van der Waals surface area contributed by atoms with Gasteiger partial charge in [-0.1, -0.05) is 0 Å². The maximum absolute atomic E-state index is 11.9.